The van der Waals surface area contributed by atoms with Gasteiger partial charge in [-0.1, -0.05) is 78.9 Å². The molecule has 1 aliphatic rings. The van der Waals surface area contributed by atoms with Gasteiger partial charge in [0.05, 0.1) is 4.92 Å². The Bertz CT molecular complexity index is 1180. The average molecular weight is 438 g/mol. The predicted molar refractivity (Wildman–Crippen MR) is 130 cm³/mol. The summed E-state index contributed by atoms with van der Waals surface area (Å²) in [7, 11) is 0. The molecule has 0 atom stereocenters. The fraction of sp³-hybridized carbons (Fsp3) is 0.154. The molecule has 0 N–H and O–H groups in total. The van der Waals surface area contributed by atoms with Crippen LogP contribution in [0.3, 0.4) is 0 Å². The summed E-state index contributed by atoms with van der Waals surface area (Å²) in [5, 5.41) is 12.2. The van der Waals surface area contributed by atoms with E-state index < -0.39 is 0 Å². The van der Waals surface area contributed by atoms with Crippen LogP contribution in [0.2, 0.25) is 0 Å². The van der Waals surface area contributed by atoms with Crippen LogP contribution >= 0.6 is 0 Å². The minimum atomic E-state index is -0.373. The molecule has 1 aliphatic heterocycles. The molecule has 0 spiro atoms. The van der Waals surface area contributed by atoms with Crippen molar-refractivity contribution in [1.82, 2.24) is 9.97 Å². The van der Waals surface area contributed by atoms with Crippen LogP contribution in [-0.4, -0.2) is 41.1 Å². The molecule has 0 amide bonds. The molecule has 2 heterocycles. The second-order valence-corrected chi connectivity index (χ2v) is 7.87. The number of para-hydroxylation sites is 1. The van der Waals surface area contributed by atoms with Gasteiger partial charge in [0.1, 0.15) is 0 Å². The molecule has 1 saturated heterocycles. The summed E-state index contributed by atoms with van der Waals surface area (Å²) in [5.74, 6) is 0.519. The molecule has 1 aromatic heterocycles. The Hall–Kier alpha value is -4.26. The molecular formula is C26H23N5O2. The minimum absolute atomic E-state index is 0.0703. The first-order chi connectivity index (χ1) is 16.2. The number of anilines is 2. The van der Waals surface area contributed by atoms with E-state index in [1.165, 1.54) is 5.69 Å². The van der Waals surface area contributed by atoms with Gasteiger partial charge in [-0.3, -0.25) is 10.1 Å². The first kappa shape index (κ1) is 20.6. The van der Waals surface area contributed by atoms with Crippen LogP contribution < -0.4 is 9.80 Å². The summed E-state index contributed by atoms with van der Waals surface area (Å²) >= 11 is 0. The highest BCUT2D eigenvalue weighted by molar-refractivity contribution is 5.82. The Morgan fingerprint density at radius 2 is 1.06 bits per heavy atom. The van der Waals surface area contributed by atoms with E-state index in [0.29, 0.717) is 28.5 Å². The summed E-state index contributed by atoms with van der Waals surface area (Å²) in [5.41, 5.74) is 3.21. The maximum absolute atomic E-state index is 12.2. The first-order valence-electron chi connectivity index (χ1n) is 10.9. The van der Waals surface area contributed by atoms with Gasteiger partial charge in [-0.15, -0.1) is 0 Å². The van der Waals surface area contributed by atoms with E-state index in [1.54, 1.807) is 0 Å². The predicted octanol–water partition coefficient (Wildman–Crippen LogP) is 5.05. The fourth-order valence-electron chi connectivity index (χ4n) is 4.16. The van der Waals surface area contributed by atoms with Crippen molar-refractivity contribution in [1.29, 1.82) is 0 Å². The maximum Gasteiger partial charge on any atom is 0.321 e. The van der Waals surface area contributed by atoms with Gasteiger partial charge in [0, 0.05) is 43.0 Å². The Morgan fingerprint density at radius 1 is 0.636 bits per heavy atom. The van der Waals surface area contributed by atoms with Crippen LogP contribution in [-0.2, 0) is 0 Å². The highest BCUT2D eigenvalue weighted by Crippen LogP contribution is 2.37. The van der Waals surface area contributed by atoms with Crippen molar-refractivity contribution >= 4 is 17.3 Å². The second kappa shape index (κ2) is 9.08. The molecule has 33 heavy (non-hydrogen) atoms. The molecule has 0 bridgehead atoms. The molecule has 5 rings (SSSR count). The average Bonchev–Trinajstić information content (AvgIpc) is 2.89. The van der Waals surface area contributed by atoms with Gasteiger partial charge in [-0.2, -0.15) is 0 Å². The lowest BCUT2D eigenvalue weighted by molar-refractivity contribution is -0.383. The highest BCUT2D eigenvalue weighted by Gasteiger charge is 2.29. The molecular weight excluding hydrogens is 414 g/mol. The first-order valence-corrected chi connectivity index (χ1v) is 10.9. The van der Waals surface area contributed by atoms with Crippen molar-refractivity contribution in [3.63, 3.8) is 0 Å². The third kappa shape index (κ3) is 4.25. The number of benzene rings is 3. The zero-order valence-corrected chi connectivity index (χ0v) is 18.0. The number of rotatable bonds is 5. The molecule has 0 saturated carbocycles. The van der Waals surface area contributed by atoms with Crippen molar-refractivity contribution in [2.75, 3.05) is 36.0 Å². The zero-order chi connectivity index (χ0) is 22.6. The monoisotopic (exact) mass is 437 g/mol. The molecule has 7 heteroatoms. The quantitative estimate of drug-likeness (QED) is 0.321. The van der Waals surface area contributed by atoms with Crippen molar-refractivity contribution in [2.45, 2.75) is 0 Å². The third-order valence-corrected chi connectivity index (χ3v) is 5.83. The lowest BCUT2D eigenvalue weighted by Gasteiger charge is -2.36. The standard InChI is InChI=1S/C26H23N5O2/c32-31(33)25-23(20-10-4-1-5-11-20)27-26(28-24(25)21-12-6-2-7-13-21)30-18-16-29(17-19-30)22-14-8-3-9-15-22/h1-15H,16-19H2. The van der Waals surface area contributed by atoms with Crippen LogP contribution in [0.15, 0.2) is 91.0 Å². The van der Waals surface area contributed by atoms with E-state index >= 15 is 0 Å². The van der Waals surface area contributed by atoms with Gasteiger partial charge in [0.15, 0.2) is 11.4 Å². The molecule has 0 radical (unpaired) electrons. The van der Waals surface area contributed by atoms with Gasteiger partial charge in [0.2, 0.25) is 5.95 Å². The van der Waals surface area contributed by atoms with E-state index in [-0.39, 0.29) is 10.6 Å². The van der Waals surface area contributed by atoms with Crippen LogP contribution in [0.5, 0.6) is 0 Å². The summed E-state index contributed by atoms with van der Waals surface area (Å²) in [6.07, 6.45) is 0. The Labute approximate surface area is 192 Å². The molecule has 7 nitrogen and oxygen atoms in total. The molecule has 1 fully saturated rings. The Balaban J connectivity index is 1.56. The van der Waals surface area contributed by atoms with Crippen molar-refractivity contribution < 1.29 is 4.92 Å². The molecule has 4 aromatic rings. The highest BCUT2D eigenvalue weighted by atomic mass is 16.6. The molecule has 0 unspecified atom stereocenters. The molecule has 0 aliphatic carbocycles. The van der Waals surface area contributed by atoms with Crippen LogP contribution in [0.4, 0.5) is 17.3 Å². The smallest absolute Gasteiger partial charge is 0.321 e. The van der Waals surface area contributed by atoms with Crippen LogP contribution in [0, 0.1) is 10.1 Å². The topological polar surface area (TPSA) is 75.4 Å². The Kier molecular flexibility index (Phi) is 5.68. The molecule has 3 aromatic carbocycles. The number of hydrogen-bond donors (Lipinski definition) is 0. The summed E-state index contributed by atoms with van der Waals surface area (Å²) in [4.78, 5) is 25.7. The largest absolute Gasteiger partial charge is 0.368 e. The summed E-state index contributed by atoms with van der Waals surface area (Å²) in [6.45, 7) is 3.11. The van der Waals surface area contributed by atoms with E-state index in [1.807, 2.05) is 78.9 Å². The Morgan fingerprint density at radius 3 is 1.52 bits per heavy atom. The zero-order valence-electron chi connectivity index (χ0n) is 18.0. The van der Waals surface area contributed by atoms with Gasteiger partial charge in [0.25, 0.3) is 0 Å². The maximum atomic E-state index is 12.2. The van der Waals surface area contributed by atoms with Gasteiger partial charge < -0.3 is 9.80 Å². The van der Waals surface area contributed by atoms with E-state index in [4.69, 9.17) is 9.97 Å². The lowest BCUT2D eigenvalue weighted by Crippen LogP contribution is -2.47. The van der Waals surface area contributed by atoms with Crippen LogP contribution in [0.1, 0.15) is 0 Å². The number of aromatic nitrogens is 2. The van der Waals surface area contributed by atoms with Gasteiger partial charge in [-0.25, -0.2) is 9.97 Å². The summed E-state index contributed by atoms with van der Waals surface area (Å²) in [6, 6.07) is 28.9. The van der Waals surface area contributed by atoms with Crippen molar-refractivity contribution in [2.24, 2.45) is 0 Å². The van der Waals surface area contributed by atoms with Gasteiger partial charge >= 0.3 is 5.69 Å². The lowest BCUT2D eigenvalue weighted by atomic mass is 10.0. The van der Waals surface area contributed by atoms with Crippen LogP contribution in [0.25, 0.3) is 22.5 Å². The van der Waals surface area contributed by atoms with E-state index in [2.05, 4.69) is 21.9 Å². The number of hydrogen-bond acceptors (Lipinski definition) is 6. The number of nitro groups is 1. The normalized spacial score (nSPS) is 13.7. The van der Waals surface area contributed by atoms with E-state index in [9.17, 15) is 10.1 Å². The summed E-state index contributed by atoms with van der Waals surface area (Å²) < 4.78 is 0. The van der Waals surface area contributed by atoms with Crippen molar-refractivity contribution in [3.8, 4) is 22.5 Å². The van der Waals surface area contributed by atoms with Crippen molar-refractivity contribution in [3.05, 3.63) is 101 Å². The SMILES string of the molecule is O=[N+]([O-])c1c(-c2ccccc2)nc(N2CCN(c3ccccc3)CC2)nc1-c1ccccc1. The molecule has 164 valence electrons. The van der Waals surface area contributed by atoms with E-state index in [0.717, 1.165) is 26.2 Å². The number of nitrogens with zero attached hydrogens (tertiary/aromatic N) is 5. The number of piperazine rings is 1. The fourth-order valence-corrected chi connectivity index (χ4v) is 4.16. The third-order valence-electron chi connectivity index (χ3n) is 5.83. The van der Waals surface area contributed by atoms with Gasteiger partial charge in [-0.05, 0) is 12.1 Å². The second-order valence-electron chi connectivity index (χ2n) is 7.87. The minimum Gasteiger partial charge on any atom is -0.368 e.